The van der Waals surface area contributed by atoms with Crippen LogP contribution in [0.5, 0.6) is 5.75 Å². The number of fused-ring (bicyclic) bond motifs is 1. The summed E-state index contributed by atoms with van der Waals surface area (Å²) in [7, 11) is 0. The summed E-state index contributed by atoms with van der Waals surface area (Å²) in [6.07, 6.45) is -0.472. The van der Waals surface area contributed by atoms with Gasteiger partial charge in [0.05, 0.1) is 44.1 Å². The third-order valence-corrected chi connectivity index (χ3v) is 9.09. The Balaban J connectivity index is 1.29. The second-order valence-corrected chi connectivity index (χ2v) is 12.7. The summed E-state index contributed by atoms with van der Waals surface area (Å²) >= 11 is 0. The van der Waals surface area contributed by atoms with Crippen LogP contribution in [0.25, 0.3) is 0 Å². The van der Waals surface area contributed by atoms with Crippen LogP contribution in [0, 0.1) is 5.92 Å². The fraction of sp³-hybridized carbons (Fsp3) is 0.474. The zero-order valence-electron chi connectivity index (χ0n) is 27.8. The summed E-state index contributed by atoms with van der Waals surface area (Å²) in [5.74, 6) is -0.177. The van der Waals surface area contributed by atoms with E-state index >= 15 is 0 Å². The quantitative estimate of drug-likeness (QED) is 0.183. The number of hydrogen-bond acceptors (Lipinski definition) is 8. The third-order valence-electron chi connectivity index (χ3n) is 9.09. The van der Waals surface area contributed by atoms with E-state index in [4.69, 9.17) is 14.2 Å². The molecule has 10 heteroatoms. The number of aliphatic hydroxyl groups is 2. The number of benzene rings is 3. The Morgan fingerprint density at radius 2 is 1.65 bits per heavy atom. The standard InChI is InChI=1S/C38H49N3O7/c1-2-19-48-38(45)39-33(24-27-8-4-3-5-9-27)34(42)26-30(37(44)40-36-32-11-7-6-10-29(32)25-35(36)43)23-28-12-14-31(15-13-28)47-22-18-41-16-20-46-21-17-41/h3-15,30,33-36,42-43H,2,16-26H2,1H3,(H,39,45)(H,40,44)/t30-,33+,34+,35-,36+/m1/s1. The second-order valence-electron chi connectivity index (χ2n) is 12.7. The van der Waals surface area contributed by atoms with Crippen molar-refractivity contribution in [2.24, 2.45) is 5.92 Å². The Morgan fingerprint density at radius 1 is 0.938 bits per heavy atom. The molecule has 0 spiro atoms. The number of hydrogen-bond donors (Lipinski definition) is 4. The van der Waals surface area contributed by atoms with Crippen molar-refractivity contribution in [1.82, 2.24) is 15.5 Å². The largest absolute Gasteiger partial charge is 0.492 e. The van der Waals surface area contributed by atoms with Gasteiger partial charge < -0.3 is 35.1 Å². The summed E-state index contributed by atoms with van der Waals surface area (Å²) in [5.41, 5.74) is 3.76. The Bertz CT molecular complexity index is 1430. The molecule has 0 radical (unpaired) electrons. The van der Waals surface area contributed by atoms with Crippen LogP contribution in [-0.2, 0) is 33.5 Å². The average molecular weight is 660 g/mol. The minimum Gasteiger partial charge on any atom is -0.492 e. The van der Waals surface area contributed by atoms with Gasteiger partial charge in [0.1, 0.15) is 12.4 Å². The molecule has 1 saturated heterocycles. The van der Waals surface area contributed by atoms with Crippen molar-refractivity contribution in [1.29, 1.82) is 0 Å². The number of aliphatic hydroxyl groups excluding tert-OH is 2. The summed E-state index contributed by atoms with van der Waals surface area (Å²) < 4.78 is 16.7. The number of carbonyl (C=O) groups is 2. The highest BCUT2D eigenvalue weighted by Gasteiger charge is 2.35. The molecule has 258 valence electrons. The van der Waals surface area contributed by atoms with E-state index < -0.39 is 36.3 Å². The lowest BCUT2D eigenvalue weighted by molar-refractivity contribution is -0.127. The monoisotopic (exact) mass is 659 g/mol. The van der Waals surface area contributed by atoms with Gasteiger partial charge in [0.15, 0.2) is 0 Å². The molecule has 5 rings (SSSR count). The van der Waals surface area contributed by atoms with Crippen molar-refractivity contribution in [3.63, 3.8) is 0 Å². The molecule has 1 heterocycles. The number of carbonyl (C=O) groups excluding carboxylic acids is 2. The van der Waals surface area contributed by atoms with Gasteiger partial charge in [-0.3, -0.25) is 9.69 Å². The van der Waals surface area contributed by atoms with Crippen LogP contribution in [0.3, 0.4) is 0 Å². The molecular weight excluding hydrogens is 610 g/mol. The number of ether oxygens (including phenoxy) is 3. The van der Waals surface area contributed by atoms with Crippen LogP contribution in [0.15, 0.2) is 78.9 Å². The lowest BCUT2D eigenvalue weighted by Crippen LogP contribution is -2.47. The lowest BCUT2D eigenvalue weighted by atomic mass is 9.88. The molecule has 1 fully saturated rings. The zero-order chi connectivity index (χ0) is 33.7. The number of amides is 2. The predicted molar refractivity (Wildman–Crippen MR) is 183 cm³/mol. The first-order valence-electron chi connectivity index (χ1n) is 17.1. The van der Waals surface area contributed by atoms with E-state index in [0.717, 1.165) is 60.9 Å². The fourth-order valence-corrected chi connectivity index (χ4v) is 6.42. The SMILES string of the molecule is CCCOC(=O)N[C@@H](Cc1ccccc1)[C@@H](O)C[C@@H](Cc1ccc(OCCN2CCOCC2)cc1)C(=O)N[C@H]1c2ccccc2C[C@H]1O. The first kappa shape index (κ1) is 35.3. The van der Waals surface area contributed by atoms with Gasteiger partial charge >= 0.3 is 6.09 Å². The van der Waals surface area contributed by atoms with E-state index in [1.165, 1.54) is 0 Å². The van der Waals surface area contributed by atoms with Crippen LogP contribution >= 0.6 is 0 Å². The lowest BCUT2D eigenvalue weighted by Gasteiger charge is -2.28. The van der Waals surface area contributed by atoms with Crippen LogP contribution in [0.2, 0.25) is 0 Å². The molecule has 4 N–H and O–H groups in total. The maximum atomic E-state index is 14.0. The highest BCUT2D eigenvalue weighted by Crippen LogP contribution is 2.32. The highest BCUT2D eigenvalue weighted by molar-refractivity contribution is 5.80. The van der Waals surface area contributed by atoms with Crippen molar-refractivity contribution in [2.45, 2.75) is 63.3 Å². The van der Waals surface area contributed by atoms with Gasteiger partial charge in [-0.15, -0.1) is 0 Å². The van der Waals surface area contributed by atoms with E-state index in [1.807, 2.05) is 85.8 Å². The molecular formula is C38H49N3O7. The van der Waals surface area contributed by atoms with Crippen molar-refractivity contribution < 1.29 is 34.0 Å². The van der Waals surface area contributed by atoms with Crippen molar-refractivity contribution in [2.75, 3.05) is 46.1 Å². The van der Waals surface area contributed by atoms with Gasteiger partial charge in [-0.05, 0) is 60.1 Å². The van der Waals surface area contributed by atoms with Crippen LogP contribution in [-0.4, -0.2) is 91.4 Å². The van der Waals surface area contributed by atoms with Crippen LogP contribution < -0.4 is 15.4 Å². The molecule has 1 aliphatic heterocycles. The minimum atomic E-state index is -1.06. The van der Waals surface area contributed by atoms with Gasteiger partial charge in [0.2, 0.25) is 5.91 Å². The summed E-state index contributed by atoms with van der Waals surface area (Å²) in [6, 6.07) is 23.8. The fourth-order valence-electron chi connectivity index (χ4n) is 6.42. The van der Waals surface area contributed by atoms with Crippen molar-refractivity contribution >= 4 is 12.0 Å². The van der Waals surface area contributed by atoms with E-state index in [1.54, 1.807) is 0 Å². The molecule has 3 aromatic carbocycles. The first-order valence-corrected chi connectivity index (χ1v) is 17.1. The maximum Gasteiger partial charge on any atom is 0.407 e. The number of nitrogens with zero attached hydrogens (tertiary/aromatic N) is 1. The molecule has 1 aliphatic carbocycles. The molecule has 0 saturated carbocycles. The topological polar surface area (TPSA) is 130 Å². The van der Waals surface area contributed by atoms with E-state index in [0.29, 0.717) is 32.3 Å². The Labute approximate surface area is 283 Å². The molecule has 5 atom stereocenters. The smallest absolute Gasteiger partial charge is 0.407 e. The molecule has 48 heavy (non-hydrogen) atoms. The zero-order valence-corrected chi connectivity index (χ0v) is 27.8. The molecule has 2 aliphatic rings. The summed E-state index contributed by atoms with van der Waals surface area (Å²) in [6.45, 7) is 6.88. The molecule has 3 aromatic rings. The average Bonchev–Trinajstić information content (AvgIpc) is 3.42. The molecule has 0 bridgehead atoms. The van der Waals surface area contributed by atoms with Crippen LogP contribution in [0.4, 0.5) is 4.79 Å². The number of rotatable bonds is 16. The third kappa shape index (κ3) is 10.3. The first-order chi connectivity index (χ1) is 23.4. The second kappa shape index (κ2) is 18.0. The Kier molecular flexibility index (Phi) is 13.2. The molecule has 0 unspecified atom stereocenters. The number of nitrogens with one attached hydrogen (secondary N) is 2. The Hall–Kier alpha value is -3.96. The molecule has 2 amide bonds. The van der Waals surface area contributed by atoms with E-state index in [-0.39, 0.29) is 18.9 Å². The minimum absolute atomic E-state index is 0.0830. The van der Waals surface area contributed by atoms with E-state index in [9.17, 15) is 19.8 Å². The number of morpholine rings is 1. The molecule has 0 aromatic heterocycles. The van der Waals surface area contributed by atoms with Crippen LogP contribution in [0.1, 0.15) is 48.1 Å². The van der Waals surface area contributed by atoms with Gasteiger partial charge in [-0.1, -0.05) is 73.7 Å². The van der Waals surface area contributed by atoms with Gasteiger partial charge in [0.25, 0.3) is 0 Å². The van der Waals surface area contributed by atoms with Gasteiger partial charge in [-0.25, -0.2) is 4.79 Å². The van der Waals surface area contributed by atoms with Gasteiger partial charge in [0, 0.05) is 32.0 Å². The van der Waals surface area contributed by atoms with Gasteiger partial charge in [-0.2, -0.15) is 0 Å². The summed E-state index contributed by atoms with van der Waals surface area (Å²) in [5, 5.41) is 28.4. The molecule has 10 nitrogen and oxygen atoms in total. The maximum absolute atomic E-state index is 14.0. The normalized spacial score (nSPS) is 19.5. The Morgan fingerprint density at radius 3 is 2.40 bits per heavy atom. The number of alkyl carbamates (subject to hydrolysis) is 1. The highest BCUT2D eigenvalue weighted by atomic mass is 16.5. The van der Waals surface area contributed by atoms with Crippen molar-refractivity contribution in [3.8, 4) is 5.75 Å². The van der Waals surface area contributed by atoms with Crippen molar-refractivity contribution in [3.05, 3.63) is 101 Å². The predicted octanol–water partition coefficient (Wildman–Crippen LogP) is 3.83. The van der Waals surface area contributed by atoms with E-state index in [2.05, 4.69) is 15.5 Å². The summed E-state index contributed by atoms with van der Waals surface area (Å²) in [4.78, 5) is 29.0.